The lowest BCUT2D eigenvalue weighted by Crippen LogP contribution is -2.23. The van der Waals surface area contributed by atoms with Crippen LogP contribution in [-0.2, 0) is 11.0 Å². The second kappa shape index (κ2) is 8.92. The van der Waals surface area contributed by atoms with Crippen LogP contribution in [0.5, 0.6) is 5.75 Å². The van der Waals surface area contributed by atoms with Crippen molar-refractivity contribution in [3.63, 3.8) is 0 Å². The van der Waals surface area contributed by atoms with Crippen LogP contribution in [0.4, 0.5) is 18.9 Å². The zero-order valence-electron chi connectivity index (χ0n) is 15.6. The molecule has 158 valence electrons. The van der Waals surface area contributed by atoms with Crippen molar-refractivity contribution in [2.75, 3.05) is 12.4 Å². The zero-order valence-corrected chi connectivity index (χ0v) is 17.2. The van der Waals surface area contributed by atoms with E-state index in [1.165, 1.54) is 10.7 Å². The molecule has 0 aliphatic rings. The van der Waals surface area contributed by atoms with E-state index in [0.29, 0.717) is 16.6 Å². The van der Waals surface area contributed by atoms with Gasteiger partial charge >= 0.3 is 6.18 Å². The number of tetrazole rings is 1. The molecule has 1 atom stereocenters. The molecule has 1 aromatic heterocycles. The molecule has 0 saturated carbocycles. The van der Waals surface area contributed by atoms with Crippen LogP contribution in [0.1, 0.15) is 12.5 Å². The van der Waals surface area contributed by atoms with Gasteiger partial charge in [-0.25, -0.2) is 0 Å². The van der Waals surface area contributed by atoms with Crippen LogP contribution in [0.2, 0.25) is 5.02 Å². The molecule has 1 amide bonds. The van der Waals surface area contributed by atoms with Crippen molar-refractivity contribution < 1.29 is 22.7 Å². The SMILES string of the molecule is COc1ccc(-n2nnnc2S[C@@H](C)C(=O)Nc2ccc(Cl)c(C(F)(F)F)c2)cc1. The van der Waals surface area contributed by atoms with Crippen LogP contribution in [0, 0.1) is 0 Å². The molecule has 2 aromatic carbocycles. The zero-order chi connectivity index (χ0) is 21.9. The molecule has 0 radical (unpaired) electrons. The molecule has 1 N–H and O–H groups in total. The number of nitrogens with one attached hydrogen (secondary N) is 1. The highest BCUT2D eigenvalue weighted by molar-refractivity contribution is 8.00. The predicted molar refractivity (Wildman–Crippen MR) is 106 cm³/mol. The van der Waals surface area contributed by atoms with Gasteiger partial charge in [-0.3, -0.25) is 4.79 Å². The second-order valence-electron chi connectivity index (χ2n) is 6.01. The average molecular weight is 458 g/mol. The molecule has 3 aromatic rings. The maximum absolute atomic E-state index is 13.0. The Morgan fingerprint density at radius 3 is 2.57 bits per heavy atom. The highest BCUT2D eigenvalue weighted by Crippen LogP contribution is 2.36. The quantitative estimate of drug-likeness (QED) is 0.550. The lowest BCUT2D eigenvalue weighted by Gasteiger charge is -2.14. The third-order valence-corrected chi connectivity index (χ3v) is 5.31. The molecule has 0 aliphatic heterocycles. The topological polar surface area (TPSA) is 81.9 Å². The van der Waals surface area contributed by atoms with Gasteiger partial charge in [0, 0.05) is 5.69 Å². The third-order valence-electron chi connectivity index (χ3n) is 3.95. The molecule has 0 fully saturated rings. The molecule has 0 unspecified atom stereocenters. The van der Waals surface area contributed by atoms with Crippen LogP contribution >= 0.6 is 23.4 Å². The lowest BCUT2D eigenvalue weighted by molar-refractivity contribution is -0.137. The Balaban J connectivity index is 1.72. The highest BCUT2D eigenvalue weighted by atomic mass is 35.5. The number of amides is 1. The Kier molecular flexibility index (Phi) is 6.52. The Morgan fingerprint density at radius 2 is 1.93 bits per heavy atom. The molecule has 1 heterocycles. The van der Waals surface area contributed by atoms with E-state index in [4.69, 9.17) is 16.3 Å². The molecule has 0 saturated heterocycles. The van der Waals surface area contributed by atoms with E-state index in [9.17, 15) is 18.0 Å². The minimum absolute atomic E-state index is 0.0149. The maximum Gasteiger partial charge on any atom is 0.417 e. The molecule has 0 aliphatic carbocycles. The summed E-state index contributed by atoms with van der Waals surface area (Å²) in [6, 6.07) is 10.1. The maximum atomic E-state index is 13.0. The fourth-order valence-electron chi connectivity index (χ4n) is 2.41. The molecular weight excluding hydrogens is 443 g/mol. The number of alkyl halides is 3. The number of benzene rings is 2. The fraction of sp³-hybridized carbons (Fsp3) is 0.222. The molecule has 3 rings (SSSR count). The monoisotopic (exact) mass is 457 g/mol. The molecule has 0 spiro atoms. The first-order chi connectivity index (χ1) is 14.2. The first-order valence-corrected chi connectivity index (χ1v) is 9.72. The predicted octanol–water partition coefficient (Wildman–Crippen LogP) is 4.46. The van der Waals surface area contributed by atoms with E-state index in [1.54, 1.807) is 38.3 Å². The summed E-state index contributed by atoms with van der Waals surface area (Å²) in [5, 5.41) is 13.1. The number of anilines is 1. The van der Waals surface area contributed by atoms with Gasteiger partial charge in [-0.15, -0.1) is 5.10 Å². The van der Waals surface area contributed by atoms with Gasteiger partial charge in [0.2, 0.25) is 11.1 Å². The summed E-state index contributed by atoms with van der Waals surface area (Å²) >= 11 is 6.66. The van der Waals surface area contributed by atoms with Gasteiger partial charge in [0.25, 0.3) is 0 Å². The number of hydrogen-bond donors (Lipinski definition) is 1. The molecular formula is C18H15ClF3N5O2S. The van der Waals surface area contributed by atoms with Crippen LogP contribution < -0.4 is 10.1 Å². The van der Waals surface area contributed by atoms with E-state index in [1.807, 2.05) is 0 Å². The van der Waals surface area contributed by atoms with Crippen LogP contribution in [0.3, 0.4) is 0 Å². The second-order valence-corrected chi connectivity index (χ2v) is 7.73. The number of carbonyl (C=O) groups is 1. The minimum Gasteiger partial charge on any atom is -0.497 e. The van der Waals surface area contributed by atoms with E-state index >= 15 is 0 Å². The number of carbonyl (C=O) groups excluding carboxylic acids is 1. The summed E-state index contributed by atoms with van der Waals surface area (Å²) in [6.07, 6.45) is -4.63. The summed E-state index contributed by atoms with van der Waals surface area (Å²) < 4.78 is 45.5. The number of rotatable bonds is 6. The summed E-state index contributed by atoms with van der Waals surface area (Å²) in [6.45, 7) is 1.59. The van der Waals surface area contributed by atoms with Crippen LogP contribution in [0.15, 0.2) is 47.6 Å². The van der Waals surface area contributed by atoms with Crippen LogP contribution in [-0.4, -0.2) is 38.5 Å². The van der Waals surface area contributed by atoms with Crippen molar-refractivity contribution in [3.8, 4) is 11.4 Å². The van der Waals surface area contributed by atoms with E-state index in [2.05, 4.69) is 20.8 Å². The number of methoxy groups -OCH3 is 1. The number of nitrogens with zero attached hydrogens (tertiary/aromatic N) is 4. The summed E-state index contributed by atoms with van der Waals surface area (Å²) in [5.74, 6) is 0.148. The van der Waals surface area contributed by atoms with Crippen molar-refractivity contribution in [1.82, 2.24) is 20.2 Å². The molecule has 12 heteroatoms. The number of thioether (sulfide) groups is 1. The van der Waals surface area contributed by atoms with Crippen molar-refractivity contribution in [2.45, 2.75) is 23.5 Å². The first kappa shape index (κ1) is 21.9. The lowest BCUT2D eigenvalue weighted by atomic mass is 10.2. The van der Waals surface area contributed by atoms with E-state index in [0.717, 1.165) is 23.9 Å². The van der Waals surface area contributed by atoms with E-state index < -0.39 is 27.9 Å². The molecule has 30 heavy (non-hydrogen) atoms. The van der Waals surface area contributed by atoms with Crippen molar-refractivity contribution in [2.24, 2.45) is 0 Å². The smallest absolute Gasteiger partial charge is 0.417 e. The van der Waals surface area contributed by atoms with Crippen molar-refractivity contribution >= 4 is 35.0 Å². The standard InChI is InChI=1S/C18H15ClF3N5O2S/c1-10(16(28)23-11-3-8-15(19)14(9-11)18(20,21)22)30-17-24-25-26-27(17)12-4-6-13(29-2)7-5-12/h3-10H,1-2H3,(H,23,28)/t10-/m0/s1. The number of ether oxygens (including phenoxy) is 1. The van der Waals surface area contributed by atoms with Gasteiger partial charge in [-0.1, -0.05) is 23.4 Å². The van der Waals surface area contributed by atoms with Crippen molar-refractivity contribution in [1.29, 1.82) is 0 Å². The fourth-order valence-corrected chi connectivity index (χ4v) is 3.45. The van der Waals surface area contributed by atoms with Gasteiger partial charge < -0.3 is 10.1 Å². The first-order valence-electron chi connectivity index (χ1n) is 8.46. The summed E-state index contributed by atoms with van der Waals surface area (Å²) in [5.41, 5.74) is -0.381. The van der Waals surface area contributed by atoms with Crippen LogP contribution in [0.25, 0.3) is 5.69 Å². The Bertz CT molecular complexity index is 1040. The minimum atomic E-state index is -4.63. The summed E-state index contributed by atoms with van der Waals surface area (Å²) in [7, 11) is 1.55. The van der Waals surface area contributed by atoms with E-state index in [-0.39, 0.29) is 5.69 Å². The van der Waals surface area contributed by atoms with Crippen molar-refractivity contribution in [3.05, 3.63) is 53.1 Å². The highest BCUT2D eigenvalue weighted by Gasteiger charge is 2.33. The summed E-state index contributed by atoms with van der Waals surface area (Å²) in [4.78, 5) is 12.5. The van der Waals surface area contributed by atoms with Gasteiger partial charge in [0.1, 0.15) is 5.75 Å². The average Bonchev–Trinajstić information content (AvgIpc) is 3.16. The molecule has 7 nitrogen and oxygen atoms in total. The Morgan fingerprint density at radius 1 is 1.23 bits per heavy atom. The molecule has 0 bridgehead atoms. The normalized spacial score (nSPS) is 12.5. The van der Waals surface area contributed by atoms with Gasteiger partial charge in [0.15, 0.2) is 0 Å². The van der Waals surface area contributed by atoms with Gasteiger partial charge in [-0.05, 0) is 59.8 Å². The Labute approximate surface area is 178 Å². The largest absolute Gasteiger partial charge is 0.497 e. The van der Waals surface area contributed by atoms with Gasteiger partial charge in [0.05, 0.1) is 28.6 Å². The van der Waals surface area contributed by atoms with Gasteiger partial charge in [-0.2, -0.15) is 17.9 Å². The number of halogens is 4. The third kappa shape index (κ3) is 5.03. The number of aromatic nitrogens is 4. The number of hydrogen-bond acceptors (Lipinski definition) is 6. The Hall–Kier alpha value is -2.79.